The summed E-state index contributed by atoms with van der Waals surface area (Å²) in [6, 6.07) is 6.08. The number of aromatic amines is 1. The van der Waals surface area contributed by atoms with Crippen molar-refractivity contribution in [3.63, 3.8) is 0 Å². The van der Waals surface area contributed by atoms with Gasteiger partial charge in [0.15, 0.2) is 0 Å². The largest absolute Gasteiger partial charge is 0.420 e. The van der Waals surface area contributed by atoms with E-state index in [-0.39, 0.29) is 11.8 Å². The molecule has 19 heavy (non-hydrogen) atoms. The second kappa shape index (κ2) is 4.40. The second-order valence-electron chi connectivity index (χ2n) is 4.13. The molecule has 0 spiro atoms. The monoisotopic (exact) mass is 336 g/mol. The van der Waals surface area contributed by atoms with Crippen molar-refractivity contribution in [1.82, 2.24) is 10.2 Å². The molecule has 0 radical (unpaired) electrons. The van der Waals surface area contributed by atoms with Gasteiger partial charge in [-0.3, -0.25) is 5.10 Å². The highest BCUT2D eigenvalue weighted by molar-refractivity contribution is 9.11. The zero-order valence-electron chi connectivity index (χ0n) is 9.90. The number of aryl methyl sites for hydroxylation is 1. The lowest BCUT2D eigenvalue weighted by atomic mass is 9.89. The van der Waals surface area contributed by atoms with E-state index in [1.165, 1.54) is 0 Å². The van der Waals surface area contributed by atoms with Gasteiger partial charge >= 0.3 is 0 Å². The van der Waals surface area contributed by atoms with Gasteiger partial charge in [-0.25, -0.2) is 0 Å². The van der Waals surface area contributed by atoms with E-state index in [1.807, 2.05) is 19.1 Å². The Morgan fingerprint density at radius 3 is 3.00 bits per heavy atom. The van der Waals surface area contributed by atoms with Crippen molar-refractivity contribution in [2.24, 2.45) is 5.73 Å². The molecule has 0 saturated carbocycles. The molecule has 3 heterocycles. The number of halogens is 1. The summed E-state index contributed by atoms with van der Waals surface area (Å²) in [5.41, 5.74) is 8.00. The predicted molar refractivity (Wildman–Crippen MR) is 74.6 cm³/mol. The lowest BCUT2D eigenvalue weighted by Crippen LogP contribution is -2.20. The molecule has 1 atom stereocenters. The molecule has 5 nitrogen and oxygen atoms in total. The van der Waals surface area contributed by atoms with Gasteiger partial charge in [0.25, 0.3) is 0 Å². The van der Waals surface area contributed by atoms with Crippen molar-refractivity contribution in [1.29, 1.82) is 5.26 Å². The molecule has 0 aliphatic carbocycles. The summed E-state index contributed by atoms with van der Waals surface area (Å²) < 4.78 is 6.41. The Labute approximate surface area is 121 Å². The van der Waals surface area contributed by atoms with E-state index in [9.17, 15) is 5.26 Å². The zero-order valence-corrected chi connectivity index (χ0v) is 12.3. The molecule has 0 amide bonds. The summed E-state index contributed by atoms with van der Waals surface area (Å²) in [6.07, 6.45) is 0. The van der Waals surface area contributed by atoms with Crippen LogP contribution < -0.4 is 10.5 Å². The van der Waals surface area contributed by atoms with Crippen molar-refractivity contribution in [3.8, 4) is 11.9 Å². The first kappa shape index (κ1) is 12.3. The molecule has 3 rings (SSSR count). The first-order valence-corrected chi connectivity index (χ1v) is 7.10. The molecule has 1 aliphatic heterocycles. The molecule has 0 unspecified atom stereocenters. The Hall–Kier alpha value is -1.78. The van der Waals surface area contributed by atoms with Crippen LogP contribution >= 0.6 is 27.3 Å². The van der Waals surface area contributed by atoms with Gasteiger partial charge in [-0.2, -0.15) is 5.26 Å². The summed E-state index contributed by atoms with van der Waals surface area (Å²) in [4.78, 5) is 1.03. The van der Waals surface area contributed by atoms with Crippen molar-refractivity contribution >= 4 is 27.3 Å². The molecule has 1 aliphatic rings. The van der Waals surface area contributed by atoms with Crippen LogP contribution in [0.25, 0.3) is 0 Å². The quantitative estimate of drug-likeness (QED) is 0.838. The second-order valence-corrected chi connectivity index (χ2v) is 6.63. The van der Waals surface area contributed by atoms with Gasteiger partial charge in [0.05, 0.1) is 15.3 Å². The molecule has 2 aromatic heterocycles. The van der Waals surface area contributed by atoms with Gasteiger partial charge in [-0.1, -0.05) is 0 Å². The Morgan fingerprint density at radius 1 is 1.58 bits per heavy atom. The summed E-state index contributed by atoms with van der Waals surface area (Å²) in [5, 5.41) is 16.3. The van der Waals surface area contributed by atoms with Crippen LogP contribution in [0.1, 0.15) is 22.1 Å². The number of hydrogen-bond acceptors (Lipinski definition) is 5. The van der Waals surface area contributed by atoms with Crippen molar-refractivity contribution < 1.29 is 4.74 Å². The molecule has 0 aromatic carbocycles. The predicted octanol–water partition coefficient (Wildman–Crippen LogP) is 2.76. The van der Waals surface area contributed by atoms with Gasteiger partial charge in [-0.05, 0) is 35.0 Å². The number of nitrogens with one attached hydrogen (secondary N) is 1. The van der Waals surface area contributed by atoms with Crippen molar-refractivity contribution in [2.75, 3.05) is 0 Å². The number of fused-ring (bicyclic) bond motifs is 1. The van der Waals surface area contributed by atoms with E-state index in [4.69, 9.17) is 10.5 Å². The van der Waals surface area contributed by atoms with Crippen LogP contribution in [0.5, 0.6) is 5.88 Å². The standard InChI is InChI=1S/C12H9BrN4OS/c1-5-9-10(7-2-3-8(13)19-7)6(4-14)11(15)18-12(9)17-16-5/h2-3,10H,15H2,1H3,(H,16,17)/t10-/m0/s1. The van der Waals surface area contributed by atoms with Gasteiger partial charge < -0.3 is 10.5 Å². The normalized spacial score (nSPS) is 17.8. The molecule has 3 N–H and O–H groups in total. The molecule has 2 aromatic rings. The molecule has 0 bridgehead atoms. The minimum Gasteiger partial charge on any atom is -0.420 e. The molecule has 0 fully saturated rings. The molecular formula is C12H9BrN4OS. The van der Waals surface area contributed by atoms with Crippen molar-refractivity contribution in [3.05, 3.63) is 43.5 Å². The zero-order chi connectivity index (χ0) is 13.6. The number of rotatable bonds is 1. The lowest BCUT2D eigenvalue weighted by Gasteiger charge is -2.22. The van der Waals surface area contributed by atoms with E-state index in [0.717, 1.165) is 19.9 Å². The number of aromatic nitrogens is 2. The van der Waals surface area contributed by atoms with Crippen LogP contribution in [0, 0.1) is 18.3 Å². The molecule has 7 heteroatoms. The fourth-order valence-corrected chi connectivity index (χ4v) is 3.71. The Morgan fingerprint density at radius 2 is 2.37 bits per heavy atom. The van der Waals surface area contributed by atoms with Crippen LogP contribution in [-0.4, -0.2) is 10.2 Å². The van der Waals surface area contributed by atoms with Gasteiger partial charge in [0, 0.05) is 10.6 Å². The molecular weight excluding hydrogens is 328 g/mol. The first-order valence-electron chi connectivity index (χ1n) is 5.49. The summed E-state index contributed by atoms with van der Waals surface area (Å²) in [5.74, 6) is 0.350. The molecule has 96 valence electrons. The minimum atomic E-state index is -0.219. The lowest BCUT2D eigenvalue weighted by molar-refractivity contribution is 0.379. The number of H-pyrrole nitrogens is 1. The highest BCUT2D eigenvalue weighted by Crippen LogP contribution is 2.45. The van der Waals surface area contributed by atoms with E-state index >= 15 is 0 Å². The van der Waals surface area contributed by atoms with Crippen LogP contribution in [0.15, 0.2) is 27.4 Å². The highest BCUT2D eigenvalue weighted by atomic mass is 79.9. The van der Waals surface area contributed by atoms with Gasteiger partial charge in [-0.15, -0.1) is 16.4 Å². The third-order valence-corrected chi connectivity index (χ3v) is 4.70. The van der Waals surface area contributed by atoms with Crippen LogP contribution in [0.2, 0.25) is 0 Å². The summed E-state index contributed by atoms with van der Waals surface area (Å²) in [7, 11) is 0. The number of thiophene rings is 1. The van der Waals surface area contributed by atoms with E-state index in [2.05, 4.69) is 32.2 Å². The summed E-state index contributed by atoms with van der Waals surface area (Å²) in [6.45, 7) is 1.90. The highest BCUT2D eigenvalue weighted by Gasteiger charge is 2.34. The topological polar surface area (TPSA) is 87.7 Å². The number of nitriles is 1. The van der Waals surface area contributed by atoms with Gasteiger partial charge in [0.1, 0.15) is 11.6 Å². The Bertz CT molecular complexity index is 724. The van der Waals surface area contributed by atoms with Crippen molar-refractivity contribution in [2.45, 2.75) is 12.8 Å². The number of hydrogen-bond donors (Lipinski definition) is 2. The maximum absolute atomic E-state index is 9.35. The number of ether oxygens (including phenoxy) is 1. The number of nitrogens with two attached hydrogens (primary N) is 1. The minimum absolute atomic E-state index is 0.121. The fourth-order valence-electron chi connectivity index (χ4n) is 2.17. The Balaban J connectivity index is 2.24. The molecule has 0 saturated heterocycles. The Kier molecular flexibility index (Phi) is 2.84. The number of allylic oxidation sites excluding steroid dienone is 1. The maximum atomic E-state index is 9.35. The van der Waals surface area contributed by atoms with E-state index < -0.39 is 0 Å². The van der Waals surface area contributed by atoms with Gasteiger partial charge in [0.2, 0.25) is 11.8 Å². The third kappa shape index (κ3) is 1.84. The summed E-state index contributed by atoms with van der Waals surface area (Å²) >= 11 is 5.01. The average molecular weight is 337 g/mol. The van der Waals surface area contributed by atoms with Crippen LogP contribution in [0.4, 0.5) is 0 Å². The first-order chi connectivity index (χ1) is 9.11. The SMILES string of the molecule is Cc1[nH]nc2c1[C@H](c1ccc(Br)s1)C(C#N)=C(N)O2. The smallest absolute Gasteiger partial charge is 0.244 e. The third-order valence-electron chi connectivity index (χ3n) is 3.01. The van der Waals surface area contributed by atoms with E-state index in [1.54, 1.807) is 11.3 Å². The number of nitrogens with zero attached hydrogens (tertiary/aromatic N) is 2. The van der Waals surface area contributed by atoms with Crippen LogP contribution in [0.3, 0.4) is 0 Å². The van der Waals surface area contributed by atoms with E-state index in [0.29, 0.717) is 11.5 Å². The average Bonchev–Trinajstić information content (AvgIpc) is 2.95. The van der Waals surface area contributed by atoms with Crippen LogP contribution in [-0.2, 0) is 0 Å². The maximum Gasteiger partial charge on any atom is 0.244 e. The fraction of sp³-hybridized carbons (Fsp3) is 0.167.